The summed E-state index contributed by atoms with van der Waals surface area (Å²) in [6, 6.07) is -0.0218. The van der Waals surface area contributed by atoms with Gasteiger partial charge in [0, 0.05) is 25.6 Å². The van der Waals surface area contributed by atoms with Gasteiger partial charge in [-0.3, -0.25) is 4.79 Å². The molecular formula is C11H18N2O3. The molecule has 1 rings (SSSR count). The van der Waals surface area contributed by atoms with Crippen LogP contribution >= 0.6 is 0 Å². The number of likely N-dealkylation sites (tertiary alicyclic amines) is 1. The summed E-state index contributed by atoms with van der Waals surface area (Å²) in [5, 5.41) is 0. The molecule has 0 spiro atoms. The minimum Gasteiger partial charge on any atom is -0.377 e. The molecule has 0 aromatic carbocycles. The van der Waals surface area contributed by atoms with E-state index in [-0.39, 0.29) is 11.9 Å². The van der Waals surface area contributed by atoms with E-state index in [1.54, 1.807) is 4.90 Å². The molecule has 1 amide bonds. The van der Waals surface area contributed by atoms with E-state index in [2.05, 4.69) is 5.92 Å². The highest BCUT2D eigenvalue weighted by molar-refractivity contribution is 5.79. The Morgan fingerprint density at radius 1 is 1.44 bits per heavy atom. The molecule has 1 saturated heterocycles. The molecule has 1 aliphatic rings. The van der Waals surface area contributed by atoms with Crippen LogP contribution in [-0.2, 0) is 14.3 Å². The molecule has 1 fully saturated rings. The van der Waals surface area contributed by atoms with Crippen LogP contribution in [0.2, 0.25) is 0 Å². The molecule has 0 aromatic heterocycles. The second-order valence-corrected chi connectivity index (χ2v) is 3.67. The lowest BCUT2D eigenvalue weighted by Gasteiger charge is -2.15. The van der Waals surface area contributed by atoms with E-state index in [4.69, 9.17) is 21.6 Å². The summed E-state index contributed by atoms with van der Waals surface area (Å²) in [6.45, 7) is 3.03. The third kappa shape index (κ3) is 4.62. The van der Waals surface area contributed by atoms with Crippen LogP contribution in [0.25, 0.3) is 0 Å². The van der Waals surface area contributed by atoms with Crippen LogP contribution < -0.4 is 5.73 Å². The van der Waals surface area contributed by atoms with Crippen LogP contribution in [-0.4, -0.2) is 56.4 Å². The number of carbonyl (C=O) groups is 1. The van der Waals surface area contributed by atoms with Gasteiger partial charge in [0.15, 0.2) is 0 Å². The first-order valence-electron chi connectivity index (χ1n) is 5.36. The van der Waals surface area contributed by atoms with E-state index >= 15 is 0 Å². The molecule has 1 aliphatic heterocycles. The van der Waals surface area contributed by atoms with Crippen LogP contribution in [0, 0.1) is 12.3 Å². The summed E-state index contributed by atoms with van der Waals surface area (Å²) in [7, 11) is 0. The third-order valence-electron chi connectivity index (χ3n) is 2.31. The Balaban J connectivity index is 1.95. The average molecular weight is 226 g/mol. The van der Waals surface area contributed by atoms with Crippen LogP contribution in [0.15, 0.2) is 0 Å². The molecule has 0 radical (unpaired) electrons. The van der Waals surface area contributed by atoms with Gasteiger partial charge in [0.05, 0.1) is 19.8 Å². The van der Waals surface area contributed by atoms with Crippen molar-refractivity contribution in [3.05, 3.63) is 0 Å². The van der Waals surface area contributed by atoms with Gasteiger partial charge in [0.2, 0.25) is 5.91 Å². The van der Waals surface area contributed by atoms with Gasteiger partial charge >= 0.3 is 0 Å². The second kappa shape index (κ2) is 7.23. The number of nitrogens with zero attached hydrogens (tertiary/aromatic N) is 1. The lowest BCUT2D eigenvalue weighted by atomic mass is 10.3. The molecule has 2 N–H and O–H groups in total. The monoisotopic (exact) mass is 226 g/mol. The van der Waals surface area contributed by atoms with Crippen LogP contribution in [0.4, 0.5) is 0 Å². The summed E-state index contributed by atoms with van der Waals surface area (Å²) < 4.78 is 10.3. The number of terminal acetylenes is 1. The van der Waals surface area contributed by atoms with Crippen molar-refractivity contribution in [3.8, 4) is 12.3 Å². The maximum absolute atomic E-state index is 11.3. The van der Waals surface area contributed by atoms with Crippen LogP contribution in [0.1, 0.15) is 6.42 Å². The summed E-state index contributed by atoms with van der Waals surface area (Å²) in [6.07, 6.45) is 5.46. The zero-order valence-electron chi connectivity index (χ0n) is 9.35. The van der Waals surface area contributed by atoms with E-state index in [0.717, 1.165) is 0 Å². The summed E-state index contributed by atoms with van der Waals surface area (Å²) in [5.41, 5.74) is 5.66. The van der Waals surface area contributed by atoms with Crippen molar-refractivity contribution in [3.63, 3.8) is 0 Å². The Hall–Kier alpha value is -1.09. The smallest absolute Gasteiger partial charge is 0.224 e. The van der Waals surface area contributed by atoms with Crippen molar-refractivity contribution in [2.45, 2.75) is 12.5 Å². The number of hydrogen-bond acceptors (Lipinski definition) is 4. The molecule has 16 heavy (non-hydrogen) atoms. The van der Waals surface area contributed by atoms with Gasteiger partial charge in [-0.25, -0.2) is 0 Å². The third-order valence-corrected chi connectivity index (χ3v) is 2.31. The fourth-order valence-corrected chi connectivity index (χ4v) is 1.54. The van der Waals surface area contributed by atoms with E-state index in [9.17, 15) is 4.79 Å². The number of amides is 1. The van der Waals surface area contributed by atoms with Gasteiger partial charge in [-0.15, -0.1) is 6.42 Å². The Kier molecular flexibility index (Phi) is 5.86. The van der Waals surface area contributed by atoms with Crippen molar-refractivity contribution >= 4 is 5.91 Å². The Morgan fingerprint density at radius 2 is 2.19 bits per heavy atom. The maximum atomic E-state index is 11.3. The summed E-state index contributed by atoms with van der Waals surface area (Å²) in [4.78, 5) is 13.1. The quantitative estimate of drug-likeness (QED) is 0.456. The van der Waals surface area contributed by atoms with Crippen molar-refractivity contribution in [2.24, 2.45) is 5.73 Å². The van der Waals surface area contributed by atoms with Crippen molar-refractivity contribution in [2.75, 3.05) is 39.5 Å². The number of hydrogen-bond donors (Lipinski definition) is 1. The van der Waals surface area contributed by atoms with E-state index in [1.807, 2.05) is 0 Å². The number of rotatable bonds is 7. The Morgan fingerprint density at radius 3 is 2.81 bits per heavy atom. The first-order chi connectivity index (χ1) is 7.74. The largest absolute Gasteiger partial charge is 0.377 e. The van der Waals surface area contributed by atoms with E-state index in [0.29, 0.717) is 45.9 Å². The molecule has 1 atom stereocenters. The van der Waals surface area contributed by atoms with Crippen LogP contribution in [0.3, 0.4) is 0 Å². The van der Waals surface area contributed by atoms with Crippen LogP contribution in [0.5, 0.6) is 0 Å². The first kappa shape index (κ1) is 13.0. The molecule has 5 nitrogen and oxygen atoms in total. The highest BCUT2D eigenvalue weighted by Crippen LogP contribution is 2.07. The van der Waals surface area contributed by atoms with Gasteiger partial charge < -0.3 is 20.1 Å². The number of nitrogens with two attached hydrogens (primary N) is 1. The van der Waals surface area contributed by atoms with Gasteiger partial charge in [0.1, 0.15) is 6.61 Å². The predicted octanol–water partition coefficient (Wildman–Crippen LogP) is -0.788. The summed E-state index contributed by atoms with van der Waals surface area (Å²) in [5.74, 6) is 2.48. The van der Waals surface area contributed by atoms with Crippen molar-refractivity contribution in [1.82, 2.24) is 4.90 Å². The Labute approximate surface area is 95.9 Å². The molecule has 0 aliphatic carbocycles. The normalized spacial score (nSPS) is 20.1. The highest BCUT2D eigenvalue weighted by atomic mass is 16.5. The lowest BCUT2D eigenvalue weighted by Crippen LogP contribution is -2.31. The number of ether oxygens (including phenoxy) is 2. The molecule has 0 aromatic rings. The maximum Gasteiger partial charge on any atom is 0.224 e. The summed E-state index contributed by atoms with van der Waals surface area (Å²) >= 11 is 0. The molecule has 0 bridgehead atoms. The molecule has 90 valence electrons. The lowest BCUT2D eigenvalue weighted by molar-refractivity contribution is -0.128. The predicted molar refractivity (Wildman–Crippen MR) is 59.6 cm³/mol. The van der Waals surface area contributed by atoms with Gasteiger partial charge in [-0.1, -0.05) is 5.92 Å². The number of carbonyl (C=O) groups excluding carboxylic acids is 1. The average Bonchev–Trinajstić information content (AvgIpc) is 2.56. The molecule has 0 saturated carbocycles. The fourth-order valence-electron chi connectivity index (χ4n) is 1.54. The van der Waals surface area contributed by atoms with Gasteiger partial charge in [-0.05, 0) is 0 Å². The Bertz CT molecular complexity index is 262. The molecule has 1 heterocycles. The second-order valence-electron chi connectivity index (χ2n) is 3.67. The van der Waals surface area contributed by atoms with Crippen molar-refractivity contribution < 1.29 is 14.3 Å². The highest BCUT2D eigenvalue weighted by Gasteiger charge is 2.25. The van der Waals surface area contributed by atoms with E-state index < -0.39 is 0 Å². The molecule has 5 heteroatoms. The van der Waals surface area contributed by atoms with Gasteiger partial charge in [0.25, 0.3) is 0 Å². The van der Waals surface area contributed by atoms with Crippen molar-refractivity contribution in [1.29, 1.82) is 0 Å². The zero-order valence-corrected chi connectivity index (χ0v) is 9.35. The zero-order chi connectivity index (χ0) is 11.8. The van der Waals surface area contributed by atoms with E-state index in [1.165, 1.54) is 0 Å². The molecule has 1 unspecified atom stereocenters. The minimum atomic E-state index is -0.0218. The fraction of sp³-hybridized carbons (Fsp3) is 0.727. The topological polar surface area (TPSA) is 64.8 Å². The van der Waals surface area contributed by atoms with Gasteiger partial charge in [-0.2, -0.15) is 0 Å². The SMILES string of the molecule is C#CCOCCOCCN1CC(N)CC1=O. The standard InChI is InChI=1S/C11H18N2O3/c1-2-4-15-6-7-16-5-3-13-9-10(12)8-11(13)14/h1,10H,3-9,12H2. The first-order valence-corrected chi connectivity index (χ1v) is 5.36. The minimum absolute atomic E-state index is 0.0218. The molecular weight excluding hydrogens is 208 g/mol.